The van der Waals surface area contributed by atoms with Gasteiger partial charge in [0.25, 0.3) is 0 Å². The van der Waals surface area contributed by atoms with E-state index in [1.165, 1.54) is 12.1 Å². The third kappa shape index (κ3) is 3.24. The Kier molecular flexibility index (Phi) is 4.03. The maximum atomic E-state index is 13.1. The van der Waals surface area contributed by atoms with Gasteiger partial charge in [0.05, 0.1) is 11.3 Å². The number of anilines is 1. The zero-order valence-corrected chi connectivity index (χ0v) is 11.2. The van der Waals surface area contributed by atoms with E-state index in [4.69, 9.17) is 16.9 Å². The van der Waals surface area contributed by atoms with Gasteiger partial charge in [-0.2, -0.15) is 5.26 Å². The molecule has 96 valence electrons. The summed E-state index contributed by atoms with van der Waals surface area (Å²) in [5, 5.41) is 9.72. The van der Waals surface area contributed by atoms with E-state index in [-0.39, 0.29) is 0 Å². The van der Waals surface area contributed by atoms with Crippen molar-refractivity contribution in [2.45, 2.75) is 6.54 Å². The number of benzene rings is 2. The van der Waals surface area contributed by atoms with Gasteiger partial charge in [0.15, 0.2) is 0 Å². The van der Waals surface area contributed by atoms with Crippen molar-refractivity contribution in [1.82, 2.24) is 0 Å². The second kappa shape index (κ2) is 5.73. The number of nitrogens with zero attached hydrogens (tertiary/aromatic N) is 2. The Labute approximate surface area is 116 Å². The Morgan fingerprint density at radius 3 is 2.53 bits per heavy atom. The van der Waals surface area contributed by atoms with Crippen LogP contribution in [0.15, 0.2) is 42.5 Å². The van der Waals surface area contributed by atoms with Gasteiger partial charge in [-0.05, 0) is 35.9 Å². The molecule has 2 nitrogen and oxygen atoms in total. The van der Waals surface area contributed by atoms with Crippen molar-refractivity contribution in [3.05, 3.63) is 64.4 Å². The van der Waals surface area contributed by atoms with E-state index in [0.717, 1.165) is 5.56 Å². The first-order valence-corrected chi connectivity index (χ1v) is 6.13. The van der Waals surface area contributed by atoms with E-state index < -0.39 is 5.82 Å². The lowest BCUT2D eigenvalue weighted by atomic mass is 10.1. The minimum Gasteiger partial charge on any atom is -0.369 e. The van der Waals surface area contributed by atoms with Gasteiger partial charge in [0, 0.05) is 18.6 Å². The summed E-state index contributed by atoms with van der Waals surface area (Å²) in [5.41, 5.74) is 2.11. The molecule has 0 aliphatic rings. The molecule has 0 saturated carbocycles. The van der Waals surface area contributed by atoms with Gasteiger partial charge in [-0.15, -0.1) is 0 Å². The average Bonchev–Trinajstić information content (AvgIpc) is 2.41. The minimum absolute atomic E-state index is 0.330. The van der Waals surface area contributed by atoms with Gasteiger partial charge in [-0.3, -0.25) is 0 Å². The van der Waals surface area contributed by atoms with E-state index >= 15 is 0 Å². The number of rotatable bonds is 3. The molecule has 0 aliphatic carbocycles. The highest BCUT2D eigenvalue weighted by atomic mass is 35.5. The summed E-state index contributed by atoms with van der Waals surface area (Å²) in [6.45, 7) is 0.623. The van der Waals surface area contributed by atoms with Gasteiger partial charge >= 0.3 is 0 Å². The Hall–Kier alpha value is -2.05. The van der Waals surface area contributed by atoms with Crippen LogP contribution in [0.3, 0.4) is 0 Å². The molecule has 0 amide bonds. The van der Waals surface area contributed by atoms with Gasteiger partial charge in [0.1, 0.15) is 11.9 Å². The second-order valence-corrected chi connectivity index (χ2v) is 4.69. The first-order chi connectivity index (χ1) is 9.10. The molecule has 0 heterocycles. The van der Waals surface area contributed by atoms with Crippen molar-refractivity contribution >= 4 is 17.3 Å². The predicted octanol–water partition coefficient (Wildman–Crippen LogP) is 3.99. The normalized spacial score (nSPS) is 10.0. The molecule has 0 spiro atoms. The highest BCUT2D eigenvalue weighted by Gasteiger charge is 2.09. The number of nitriles is 1. The van der Waals surface area contributed by atoms with Crippen molar-refractivity contribution in [1.29, 1.82) is 5.26 Å². The molecule has 0 atom stereocenters. The van der Waals surface area contributed by atoms with Gasteiger partial charge < -0.3 is 4.90 Å². The Balaban J connectivity index is 2.23. The second-order valence-electron chi connectivity index (χ2n) is 4.26. The van der Waals surface area contributed by atoms with Crippen LogP contribution in [0.25, 0.3) is 0 Å². The monoisotopic (exact) mass is 274 g/mol. The predicted molar refractivity (Wildman–Crippen MR) is 74.7 cm³/mol. The number of hydrogen-bond acceptors (Lipinski definition) is 2. The summed E-state index contributed by atoms with van der Waals surface area (Å²) < 4.78 is 13.1. The molecule has 0 bridgehead atoms. The molecule has 0 saturated heterocycles. The molecule has 0 unspecified atom stereocenters. The Bertz CT molecular complexity index is 617. The minimum atomic E-state index is -0.403. The topological polar surface area (TPSA) is 27.0 Å². The van der Waals surface area contributed by atoms with E-state index in [2.05, 4.69) is 0 Å². The lowest BCUT2D eigenvalue weighted by Gasteiger charge is -2.20. The molecule has 0 radical (unpaired) electrons. The van der Waals surface area contributed by atoms with Crippen molar-refractivity contribution in [2.24, 2.45) is 0 Å². The molecular weight excluding hydrogens is 263 g/mol. The zero-order chi connectivity index (χ0) is 13.8. The van der Waals surface area contributed by atoms with Crippen molar-refractivity contribution in [3.8, 4) is 6.07 Å². The average molecular weight is 275 g/mol. The number of hydrogen-bond donors (Lipinski definition) is 0. The van der Waals surface area contributed by atoms with Crippen molar-refractivity contribution < 1.29 is 4.39 Å². The van der Waals surface area contributed by atoms with Crippen molar-refractivity contribution in [3.63, 3.8) is 0 Å². The molecule has 0 N–H and O–H groups in total. The first kappa shape index (κ1) is 13.4. The molecule has 19 heavy (non-hydrogen) atoms. The van der Waals surface area contributed by atoms with E-state index in [1.807, 2.05) is 42.3 Å². The third-order valence-corrected chi connectivity index (χ3v) is 3.08. The van der Waals surface area contributed by atoms with Crippen LogP contribution in [0.1, 0.15) is 11.1 Å². The number of halogens is 2. The molecule has 0 aromatic heterocycles. The fraction of sp³-hybridized carbons (Fsp3) is 0.133. The summed E-state index contributed by atoms with van der Waals surface area (Å²) in [7, 11) is 1.86. The van der Waals surface area contributed by atoms with Crippen LogP contribution in [0, 0.1) is 17.1 Å². The molecule has 2 aromatic rings. The van der Waals surface area contributed by atoms with Crippen LogP contribution in [-0.2, 0) is 6.54 Å². The summed E-state index contributed by atoms with van der Waals surface area (Å²) in [4.78, 5) is 1.90. The molecule has 4 heteroatoms. The van der Waals surface area contributed by atoms with Crippen LogP contribution in [0.2, 0.25) is 5.02 Å². The molecule has 0 fully saturated rings. The Morgan fingerprint density at radius 2 is 1.89 bits per heavy atom. The smallest absolute Gasteiger partial charge is 0.124 e. The van der Waals surface area contributed by atoms with Gasteiger partial charge in [0.2, 0.25) is 0 Å². The molecule has 0 aliphatic heterocycles. The zero-order valence-electron chi connectivity index (χ0n) is 10.4. The van der Waals surface area contributed by atoms with E-state index in [0.29, 0.717) is 22.8 Å². The molecule has 2 aromatic carbocycles. The van der Waals surface area contributed by atoms with Crippen LogP contribution in [0.4, 0.5) is 10.1 Å². The molecule has 2 rings (SSSR count). The van der Waals surface area contributed by atoms with Gasteiger partial charge in [-0.25, -0.2) is 4.39 Å². The van der Waals surface area contributed by atoms with Crippen LogP contribution in [0.5, 0.6) is 0 Å². The standard InChI is InChI=1S/C15H12ClFN2/c1-19(10-11-2-4-13(16)5-3-11)15-7-6-14(17)8-12(15)9-18/h2-8H,10H2,1H3. The highest BCUT2D eigenvalue weighted by Crippen LogP contribution is 2.22. The summed E-state index contributed by atoms with van der Waals surface area (Å²) in [6, 6.07) is 13.7. The quantitative estimate of drug-likeness (QED) is 0.846. The van der Waals surface area contributed by atoms with E-state index in [1.54, 1.807) is 6.07 Å². The van der Waals surface area contributed by atoms with Crippen LogP contribution in [-0.4, -0.2) is 7.05 Å². The van der Waals surface area contributed by atoms with E-state index in [9.17, 15) is 4.39 Å². The van der Waals surface area contributed by atoms with Gasteiger partial charge in [-0.1, -0.05) is 23.7 Å². The highest BCUT2D eigenvalue weighted by molar-refractivity contribution is 6.30. The van der Waals surface area contributed by atoms with Crippen molar-refractivity contribution in [2.75, 3.05) is 11.9 Å². The fourth-order valence-corrected chi connectivity index (χ4v) is 2.01. The van der Waals surface area contributed by atoms with Crippen LogP contribution >= 0.6 is 11.6 Å². The largest absolute Gasteiger partial charge is 0.369 e. The van der Waals surface area contributed by atoms with Crippen LogP contribution < -0.4 is 4.90 Å². The summed E-state index contributed by atoms with van der Waals surface area (Å²) >= 11 is 5.83. The lowest BCUT2D eigenvalue weighted by Crippen LogP contribution is -2.17. The lowest BCUT2D eigenvalue weighted by molar-refractivity contribution is 0.627. The maximum Gasteiger partial charge on any atom is 0.124 e. The fourth-order valence-electron chi connectivity index (χ4n) is 1.88. The maximum absolute atomic E-state index is 13.1. The molecular formula is C15H12ClFN2. The third-order valence-electron chi connectivity index (χ3n) is 2.82. The summed E-state index contributed by atoms with van der Waals surface area (Å²) in [5.74, 6) is -0.403. The first-order valence-electron chi connectivity index (χ1n) is 5.75. The SMILES string of the molecule is CN(Cc1ccc(Cl)cc1)c1ccc(F)cc1C#N. The Morgan fingerprint density at radius 1 is 1.21 bits per heavy atom. The summed E-state index contributed by atoms with van der Waals surface area (Å²) in [6.07, 6.45) is 0.